The molecule has 0 aliphatic carbocycles. The molecule has 0 amide bonds. The van der Waals surface area contributed by atoms with Crippen molar-refractivity contribution in [2.24, 2.45) is 0 Å². The van der Waals surface area contributed by atoms with Gasteiger partial charge in [0.2, 0.25) is 0 Å². The number of hydrogen-bond donors (Lipinski definition) is 0. The maximum atomic E-state index is 6.23. The summed E-state index contributed by atoms with van der Waals surface area (Å²) in [6.07, 6.45) is 0. The maximum absolute atomic E-state index is 6.23. The fraction of sp³-hybridized carbons (Fsp3) is 0.667. The third kappa shape index (κ3) is 6.83. The summed E-state index contributed by atoms with van der Waals surface area (Å²) in [5.74, 6) is 0. The minimum atomic E-state index is -2.94. The Labute approximate surface area is 144 Å². The quantitative estimate of drug-likeness (QED) is 0.468. The highest BCUT2D eigenvalue weighted by Crippen LogP contribution is 2.25. The Morgan fingerprint density at radius 2 is 0.826 bits per heavy atom. The van der Waals surface area contributed by atoms with Crippen LogP contribution in [0.25, 0.3) is 0 Å². The van der Waals surface area contributed by atoms with E-state index in [1.165, 1.54) is 28.4 Å². The Balaban J connectivity index is 5.19. The second-order valence-electron chi connectivity index (χ2n) is 5.54. The van der Waals surface area contributed by atoms with Crippen LogP contribution in [0.5, 0.6) is 0 Å². The second-order valence-corrected chi connectivity index (χ2v) is 18.5. The van der Waals surface area contributed by atoms with Crippen molar-refractivity contribution in [3.8, 4) is 0 Å². The smallest absolute Gasteiger partial charge is 0.416 e. The van der Waals surface area contributed by atoms with Gasteiger partial charge in [0.25, 0.3) is 0 Å². The van der Waals surface area contributed by atoms with Crippen molar-refractivity contribution in [2.45, 2.75) is 26.2 Å². The Bertz CT molecular complexity index is 359. The van der Waals surface area contributed by atoms with Gasteiger partial charge in [0.1, 0.15) is 0 Å². The van der Waals surface area contributed by atoms with Crippen LogP contribution >= 0.6 is 0 Å². The van der Waals surface area contributed by atoms with Gasteiger partial charge < -0.3 is 30.0 Å². The van der Waals surface area contributed by atoms with Crippen LogP contribution in [0.2, 0.25) is 26.2 Å². The van der Waals surface area contributed by atoms with Crippen molar-refractivity contribution >= 4 is 34.7 Å². The van der Waals surface area contributed by atoms with Gasteiger partial charge in [-0.25, -0.2) is 0 Å². The van der Waals surface area contributed by atoms with E-state index in [4.69, 9.17) is 30.0 Å². The molecule has 0 saturated heterocycles. The number of rotatable bonds is 12. The fourth-order valence-electron chi connectivity index (χ4n) is 2.07. The Morgan fingerprint density at radius 1 is 0.565 bits per heavy atom. The molecule has 0 spiro atoms. The van der Waals surface area contributed by atoms with E-state index in [-0.39, 0.29) is 0 Å². The van der Waals surface area contributed by atoms with Gasteiger partial charge in [-0.1, -0.05) is 13.2 Å². The van der Waals surface area contributed by atoms with Crippen molar-refractivity contribution in [3.05, 3.63) is 24.6 Å². The van der Waals surface area contributed by atoms with Crippen LogP contribution in [0, 0.1) is 0 Å². The highest BCUT2D eigenvalue weighted by Gasteiger charge is 2.50. The van der Waals surface area contributed by atoms with Gasteiger partial charge in [0, 0.05) is 28.4 Å². The van der Waals surface area contributed by atoms with Gasteiger partial charge in [0.05, 0.1) is 0 Å². The van der Waals surface area contributed by atoms with E-state index in [2.05, 4.69) is 13.2 Å². The van der Waals surface area contributed by atoms with Crippen LogP contribution in [0.3, 0.4) is 0 Å². The van der Waals surface area contributed by atoms with Gasteiger partial charge in [-0.05, 0) is 37.6 Å². The summed E-state index contributed by atoms with van der Waals surface area (Å²) in [4.78, 5) is 0. The highest BCUT2D eigenvalue weighted by molar-refractivity contribution is 6.87. The lowest BCUT2D eigenvalue weighted by atomic mass is 11.3. The van der Waals surface area contributed by atoms with Crippen molar-refractivity contribution in [2.75, 3.05) is 28.4 Å². The van der Waals surface area contributed by atoms with Crippen LogP contribution < -0.4 is 0 Å². The molecule has 0 N–H and O–H groups in total. The molecular formula is C12H30O7Si4. The molecule has 23 heavy (non-hydrogen) atoms. The van der Waals surface area contributed by atoms with Gasteiger partial charge in [-0.15, -0.1) is 0 Å². The molecule has 0 aromatic carbocycles. The maximum Gasteiger partial charge on any atom is 0.519 e. The minimum absolute atomic E-state index is 1.53. The molecule has 11 heteroatoms. The van der Waals surface area contributed by atoms with Gasteiger partial charge in [-0.3, -0.25) is 0 Å². The Morgan fingerprint density at radius 3 is 1.00 bits per heavy atom. The summed E-state index contributed by atoms with van der Waals surface area (Å²) < 4.78 is 40.0. The molecule has 0 bridgehead atoms. The third-order valence-electron chi connectivity index (χ3n) is 2.91. The topological polar surface area (TPSA) is 64.6 Å². The van der Waals surface area contributed by atoms with Crippen molar-refractivity contribution in [3.63, 3.8) is 0 Å². The third-order valence-corrected chi connectivity index (χ3v) is 16.3. The molecule has 0 saturated carbocycles. The summed E-state index contributed by atoms with van der Waals surface area (Å²) >= 11 is 0. The molecule has 0 radical (unpaired) electrons. The summed E-state index contributed by atoms with van der Waals surface area (Å²) in [6, 6.07) is 0. The van der Waals surface area contributed by atoms with Crippen LogP contribution in [0.1, 0.15) is 0 Å². The molecule has 136 valence electrons. The highest BCUT2D eigenvalue weighted by atomic mass is 28.5. The number of hydrogen-bond acceptors (Lipinski definition) is 7. The molecule has 0 aromatic rings. The first-order valence-electron chi connectivity index (χ1n) is 7.07. The fourth-order valence-corrected chi connectivity index (χ4v) is 16.4. The average molecular weight is 399 g/mol. The molecule has 0 rings (SSSR count). The van der Waals surface area contributed by atoms with E-state index in [9.17, 15) is 0 Å². The lowest BCUT2D eigenvalue weighted by molar-refractivity contribution is 0.144. The van der Waals surface area contributed by atoms with Crippen LogP contribution in [-0.4, -0.2) is 63.2 Å². The molecule has 0 aromatic heterocycles. The van der Waals surface area contributed by atoms with Crippen molar-refractivity contribution in [1.29, 1.82) is 0 Å². The first kappa shape index (κ1) is 23.1. The zero-order valence-corrected chi connectivity index (χ0v) is 19.4. The molecule has 0 unspecified atom stereocenters. The SMILES string of the molecule is C=C[Si](OC)(OC)O[Si](C)(C)O[Si](C)(C)O[Si](C=C)(OC)OC. The van der Waals surface area contributed by atoms with E-state index in [0.29, 0.717) is 0 Å². The summed E-state index contributed by atoms with van der Waals surface area (Å²) in [7, 11) is -4.99. The van der Waals surface area contributed by atoms with E-state index in [1.54, 1.807) is 11.4 Å². The average Bonchev–Trinajstić information content (AvgIpc) is 2.49. The molecule has 0 heterocycles. The van der Waals surface area contributed by atoms with E-state index in [1.807, 2.05) is 26.2 Å². The first-order chi connectivity index (χ1) is 10.5. The zero-order chi connectivity index (χ0) is 18.4. The van der Waals surface area contributed by atoms with Gasteiger partial charge >= 0.3 is 34.7 Å². The van der Waals surface area contributed by atoms with Gasteiger partial charge in [-0.2, -0.15) is 0 Å². The zero-order valence-electron chi connectivity index (χ0n) is 15.4. The second kappa shape index (κ2) is 8.96. The van der Waals surface area contributed by atoms with E-state index in [0.717, 1.165) is 0 Å². The minimum Gasteiger partial charge on any atom is -0.416 e. The molecular weight excluding hydrogens is 368 g/mol. The standard InChI is InChI=1S/C12H30O7Si4/c1-11-22(13-3,14-4)18-20(7,8)17-21(9,10)19-23(12-2,15-5)16-6/h11-12H,1-2H2,3-10H3. The molecule has 0 aliphatic heterocycles. The monoisotopic (exact) mass is 398 g/mol. The largest absolute Gasteiger partial charge is 0.519 e. The lowest BCUT2D eigenvalue weighted by Gasteiger charge is -2.39. The predicted octanol–water partition coefficient (Wildman–Crippen LogP) is 2.35. The van der Waals surface area contributed by atoms with E-state index >= 15 is 0 Å². The Hall–Kier alpha value is 0.0675. The summed E-state index contributed by atoms with van der Waals surface area (Å²) in [5.41, 5.74) is 3.15. The predicted molar refractivity (Wildman–Crippen MR) is 98.2 cm³/mol. The molecule has 0 atom stereocenters. The van der Waals surface area contributed by atoms with Gasteiger partial charge in [0.15, 0.2) is 0 Å². The molecule has 0 aliphatic rings. The van der Waals surface area contributed by atoms with Crippen LogP contribution in [0.4, 0.5) is 0 Å². The van der Waals surface area contributed by atoms with E-state index < -0.39 is 34.7 Å². The lowest BCUT2D eigenvalue weighted by Crippen LogP contribution is -2.60. The van der Waals surface area contributed by atoms with Crippen molar-refractivity contribution in [1.82, 2.24) is 0 Å². The Kier molecular flexibility index (Phi) is 8.98. The summed E-state index contributed by atoms with van der Waals surface area (Å²) in [5, 5.41) is 0. The summed E-state index contributed by atoms with van der Waals surface area (Å²) in [6.45, 7) is 15.1. The molecule has 7 nitrogen and oxygen atoms in total. The first-order valence-corrected chi connectivity index (χ1v) is 16.3. The van der Waals surface area contributed by atoms with Crippen molar-refractivity contribution < 1.29 is 30.0 Å². The molecule has 0 fully saturated rings. The van der Waals surface area contributed by atoms with Crippen LogP contribution in [-0.2, 0) is 30.0 Å². The normalized spacial score (nSPS) is 13.9. The van der Waals surface area contributed by atoms with Crippen LogP contribution in [0.15, 0.2) is 24.6 Å².